The molecule has 0 atom stereocenters. The highest BCUT2D eigenvalue weighted by Gasteiger charge is 2.10. The molecular formula is C13H9ClN4O. The summed E-state index contributed by atoms with van der Waals surface area (Å²) in [5.41, 5.74) is 1.71. The molecule has 94 valence electrons. The van der Waals surface area contributed by atoms with Crippen molar-refractivity contribution < 1.29 is 4.79 Å². The number of hydrogen-bond acceptors (Lipinski definition) is 4. The molecule has 2 aromatic rings. The maximum Gasteiger partial charge on any atom is 0.274 e. The van der Waals surface area contributed by atoms with Crippen LogP contribution in [0.1, 0.15) is 21.7 Å². The van der Waals surface area contributed by atoms with Crippen molar-refractivity contribution in [3.8, 4) is 6.07 Å². The lowest BCUT2D eigenvalue weighted by atomic mass is 10.2. The predicted molar refractivity (Wildman–Crippen MR) is 70.9 cm³/mol. The third kappa shape index (κ3) is 3.27. The smallest absolute Gasteiger partial charge is 0.274 e. The van der Waals surface area contributed by atoms with Crippen molar-refractivity contribution in [2.75, 3.05) is 5.32 Å². The number of aryl methyl sites for hydroxylation is 1. The molecular weight excluding hydrogens is 264 g/mol. The van der Waals surface area contributed by atoms with Gasteiger partial charge in [0.15, 0.2) is 0 Å². The minimum atomic E-state index is -0.400. The quantitative estimate of drug-likeness (QED) is 0.852. The molecule has 0 bridgehead atoms. The first-order valence-corrected chi connectivity index (χ1v) is 5.78. The van der Waals surface area contributed by atoms with Gasteiger partial charge in [0, 0.05) is 17.6 Å². The summed E-state index contributed by atoms with van der Waals surface area (Å²) >= 11 is 5.73. The van der Waals surface area contributed by atoms with Crippen LogP contribution >= 0.6 is 11.6 Å². The minimum Gasteiger partial charge on any atom is -0.320 e. The highest BCUT2D eigenvalue weighted by atomic mass is 35.5. The largest absolute Gasteiger partial charge is 0.320 e. The van der Waals surface area contributed by atoms with E-state index in [1.165, 1.54) is 18.3 Å². The fourth-order valence-electron chi connectivity index (χ4n) is 1.52. The third-order valence-electron chi connectivity index (χ3n) is 2.30. The Bertz CT molecular complexity index is 679. The Morgan fingerprint density at radius 1 is 1.42 bits per heavy atom. The molecule has 0 aromatic carbocycles. The molecule has 5 nitrogen and oxygen atoms in total. The molecule has 0 saturated heterocycles. The van der Waals surface area contributed by atoms with Crippen LogP contribution in [0.15, 0.2) is 30.5 Å². The molecule has 0 spiro atoms. The van der Waals surface area contributed by atoms with Gasteiger partial charge in [0.05, 0.1) is 11.6 Å². The summed E-state index contributed by atoms with van der Waals surface area (Å²) in [7, 11) is 0. The van der Waals surface area contributed by atoms with Gasteiger partial charge in [-0.25, -0.2) is 9.97 Å². The number of halogens is 1. The highest BCUT2D eigenvalue weighted by Crippen LogP contribution is 2.13. The Hall–Kier alpha value is -2.45. The van der Waals surface area contributed by atoms with Crippen molar-refractivity contribution in [2.45, 2.75) is 6.92 Å². The summed E-state index contributed by atoms with van der Waals surface area (Å²) in [6.07, 6.45) is 1.49. The molecule has 1 amide bonds. The van der Waals surface area contributed by atoms with Crippen molar-refractivity contribution in [1.82, 2.24) is 9.97 Å². The number of nitrogens with one attached hydrogen (secondary N) is 1. The van der Waals surface area contributed by atoms with E-state index in [-0.39, 0.29) is 10.8 Å². The number of aromatic nitrogens is 2. The Labute approximate surface area is 114 Å². The van der Waals surface area contributed by atoms with Crippen LogP contribution < -0.4 is 5.32 Å². The van der Waals surface area contributed by atoms with Crippen molar-refractivity contribution in [3.05, 3.63) is 52.6 Å². The van der Waals surface area contributed by atoms with Crippen molar-refractivity contribution >= 4 is 23.2 Å². The second kappa shape index (κ2) is 5.46. The first-order valence-electron chi connectivity index (χ1n) is 5.40. The Morgan fingerprint density at radius 2 is 2.21 bits per heavy atom. The Morgan fingerprint density at radius 3 is 2.89 bits per heavy atom. The zero-order valence-electron chi connectivity index (χ0n) is 10.0. The van der Waals surface area contributed by atoms with E-state index in [4.69, 9.17) is 16.9 Å². The van der Waals surface area contributed by atoms with E-state index in [2.05, 4.69) is 15.3 Å². The van der Waals surface area contributed by atoms with Crippen LogP contribution in [0, 0.1) is 18.3 Å². The van der Waals surface area contributed by atoms with Crippen molar-refractivity contribution in [1.29, 1.82) is 5.26 Å². The summed E-state index contributed by atoms with van der Waals surface area (Å²) < 4.78 is 0. The van der Waals surface area contributed by atoms with Gasteiger partial charge >= 0.3 is 0 Å². The molecule has 0 fully saturated rings. The topological polar surface area (TPSA) is 78.7 Å². The number of nitrogens with zero attached hydrogens (tertiary/aromatic N) is 3. The summed E-state index contributed by atoms with van der Waals surface area (Å²) in [6.45, 7) is 1.72. The first-order chi connectivity index (χ1) is 9.08. The average molecular weight is 273 g/mol. The molecule has 0 aliphatic carbocycles. The molecule has 1 N–H and O–H groups in total. The lowest BCUT2D eigenvalue weighted by Crippen LogP contribution is -2.14. The maximum atomic E-state index is 12.0. The van der Waals surface area contributed by atoms with Gasteiger partial charge in [0.2, 0.25) is 0 Å². The van der Waals surface area contributed by atoms with Crippen LogP contribution in [0.3, 0.4) is 0 Å². The molecule has 0 saturated carbocycles. The molecule has 2 rings (SSSR count). The van der Waals surface area contributed by atoms with E-state index < -0.39 is 5.91 Å². The lowest BCUT2D eigenvalue weighted by molar-refractivity contribution is 0.102. The summed E-state index contributed by atoms with van der Waals surface area (Å²) in [5, 5.41) is 11.8. The van der Waals surface area contributed by atoms with Crippen LogP contribution in [-0.2, 0) is 0 Å². The average Bonchev–Trinajstić information content (AvgIpc) is 2.38. The van der Waals surface area contributed by atoms with Crippen LogP contribution in [0.5, 0.6) is 0 Å². The van der Waals surface area contributed by atoms with Gasteiger partial charge in [-0.1, -0.05) is 11.6 Å². The number of nitriles is 1. The third-order valence-corrected chi connectivity index (χ3v) is 2.51. The van der Waals surface area contributed by atoms with E-state index in [9.17, 15) is 4.79 Å². The number of hydrogen-bond donors (Lipinski definition) is 1. The normalized spacial score (nSPS) is 9.74. The van der Waals surface area contributed by atoms with Gasteiger partial charge in [-0.2, -0.15) is 5.26 Å². The van der Waals surface area contributed by atoms with E-state index in [0.29, 0.717) is 16.9 Å². The molecule has 0 unspecified atom stereocenters. The van der Waals surface area contributed by atoms with Gasteiger partial charge < -0.3 is 5.32 Å². The lowest BCUT2D eigenvalue weighted by Gasteiger charge is -2.05. The maximum absolute atomic E-state index is 12.0. The van der Waals surface area contributed by atoms with E-state index >= 15 is 0 Å². The van der Waals surface area contributed by atoms with Crippen LogP contribution in [0.2, 0.25) is 5.15 Å². The van der Waals surface area contributed by atoms with Gasteiger partial charge in [-0.15, -0.1) is 0 Å². The Balaban J connectivity index is 2.25. The number of carbonyl (C=O) groups excluding carboxylic acids is 1. The molecule has 0 radical (unpaired) electrons. The molecule has 0 aliphatic heterocycles. The van der Waals surface area contributed by atoms with Crippen molar-refractivity contribution in [2.24, 2.45) is 0 Å². The molecule has 2 heterocycles. The monoisotopic (exact) mass is 272 g/mol. The first kappa shape index (κ1) is 13.0. The SMILES string of the molecule is Cc1cc(C#N)cc(C(=O)Nc2ccnc(Cl)c2)n1. The van der Waals surface area contributed by atoms with E-state index in [1.54, 1.807) is 19.1 Å². The number of anilines is 1. The Kier molecular flexibility index (Phi) is 3.74. The van der Waals surface area contributed by atoms with E-state index in [1.807, 2.05) is 6.07 Å². The molecule has 0 aliphatic rings. The fraction of sp³-hybridized carbons (Fsp3) is 0.0769. The molecule has 19 heavy (non-hydrogen) atoms. The number of amides is 1. The zero-order chi connectivity index (χ0) is 13.8. The van der Waals surface area contributed by atoms with Crippen LogP contribution in [0.4, 0.5) is 5.69 Å². The standard InChI is InChI=1S/C13H9ClN4O/c1-8-4-9(7-15)5-11(17-8)13(19)18-10-2-3-16-12(14)6-10/h2-6H,1H3,(H,16,18,19). The number of rotatable bonds is 2. The second-order valence-corrected chi connectivity index (χ2v) is 4.20. The van der Waals surface area contributed by atoms with Gasteiger partial charge in [0.25, 0.3) is 5.91 Å². The predicted octanol–water partition coefficient (Wildman–Crippen LogP) is 2.56. The van der Waals surface area contributed by atoms with Crippen LogP contribution in [-0.4, -0.2) is 15.9 Å². The summed E-state index contributed by atoms with van der Waals surface area (Å²) in [5.74, 6) is -0.400. The molecule has 6 heteroatoms. The van der Waals surface area contributed by atoms with Gasteiger partial charge in [0.1, 0.15) is 10.8 Å². The molecule has 2 aromatic heterocycles. The second-order valence-electron chi connectivity index (χ2n) is 3.82. The summed E-state index contributed by atoms with van der Waals surface area (Å²) in [6, 6.07) is 8.18. The number of pyridine rings is 2. The van der Waals surface area contributed by atoms with Crippen LogP contribution in [0.25, 0.3) is 0 Å². The highest BCUT2D eigenvalue weighted by molar-refractivity contribution is 6.29. The fourth-order valence-corrected chi connectivity index (χ4v) is 1.70. The summed E-state index contributed by atoms with van der Waals surface area (Å²) in [4.78, 5) is 19.9. The number of carbonyl (C=O) groups is 1. The van der Waals surface area contributed by atoms with Crippen molar-refractivity contribution in [3.63, 3.8) is 0 Å². The van der Waals surface area contributed by atoms with Gasteiger partial charge in [-0.3, -0.25) is 4.79 Å². The van der Waals surface area contributed by atoms with E-state index in [0.717, 1.165) is 0 Å². The van der Waals surface area contributed by atoms with Gasteiger partial charge in [-0.05, 0) is 31.2 Å². The zero-order valence-corrected chi connectivity index (χ0v) is 10.8. The minimum absolute atomic E-state index is 0.185.